The molecule has 2 aliphatic rings. The van der Waals surface area contributed by atoms with Crippen LogP contribution in [0.15, 0.2) is 28.7 Å². The fraction of sp³-hybridized carbons (Fsp3) is 0.500. The first kappa shape index (κ1) is 14.4. The number of likely N-dealkylation sites (tertiary alicyclic amines) is 1. The number of hydrogen-bond acceptors (Lipinski definition) is 4. The second-order valence-corrected chi connectivity index (χ2v) is 6.71. The molecule has 5 nitrogen and oxygen atoms in total. The van der Waals surface area contributed by atoms with Crippen molar-refractivity contribution in [3.63, 3.8) is 0 Å². The van der Waals surface area contributed by atoms with Crippen molar-refractivity contribution in [1.82, 2.24) is 15.1 Å². The van der Waals surface area contributed by atoms with Gasteiger partial charge >= 0.3 is 0 Å². The van der Waals surface area contributed by atoms with Crippen LogP contribution in [0.5, 0.6) is 0 Å². The van der Waals surface area contributed by atoms with Gasteiger partial charge in [0.05, 0.1) is 5.92 Å². The summed E-state index contributed by atoms with van der Waals surface area (Å²) in [4.78, 5) is 14.2. The van der Waals surface area contributed by atoms with E-state index in [0.717, 1.165) is 37.8 Å². The van der Waals surface area contributed by atoms with Crippen molar-refractivity contribution < 1.29 is 9.21 Å². The summed E-state index contributed by atoms with van der Waals surface area (Å²) in [5.74, 6) is 1.98. The Balaban J connectivity index is 1.49. The molecule has 1 aliphatic carbocycles. The van der Waals surface area contributed by atoms with Crippen molar-refractivity contribution in [3.05, 3.63) is 35.7 Å². The number of piperidine rings is 1. The zero-order valence-electron chi connectivity index (χ0n) is 13.4. The summed E-state index contributed by atoms with van der Waals surface area (Å²) in [5, 5.41) is 8.43. The van der Waals surface area contributed by atoms with Crippen LogP contribution >= 0.6 is 0 Å². The molecule has 1 atom stereocenters. The highest BCUT2D eigenvalue weighted by molar-refractivity contribution is 5.81. The number of benzene rings is 1. The maximum absolute atomic E-state index is 12.3. The molecule has 0 radical (unpaired) electrons. The average Bonchev–Trinajstić information content (AvgIpc) is 3.32. The van der Waals surface area contributed by atoms with Crippen LogP contribution in [0, 0.1) is 12.8 Å². The predicted octanol–water partition coefficient (Wildman–Crippen LogP) is 3.16. The summed E-state index contributed by atoms with van der Waals surface area (Å²) >= 11 is 0. The summed E-state index contributed by atoms with van der Waals surface area (Å²) in [6.45, 7) is 3.63. The van der Waals surface area contributed by atoms with E-state index in [2.05, 4.69) is 17.1 Å². The number of rotatable bonds is 3. The Hall–Kier alpha value is -2.17. The van der Waals surface area contributed by atoms with Gasteiger partial charge in [-0.1, -0.05) is 17.7 Å². The highest BCUT2D eigenvalue weighted by atomic mass is 16.4. The smallest absolute Gasteiger partial charge is 0.247 e. The third-order valence-electron chi connectivity index (χ3n) is 4.75. The fourth-order valence-electron chi connectivity index (χ4n) is 3.18. The van der Waals surface area contributed by atoms with E-state index >= 15 is 0 Å². The van der Waals surface area contributed by atoms with Crippen molar-refractivity contribution in [2.45, 2.75) is 38.5 Å². The molecule has 1 aromatic carbocycles. The van der Waals surface area contributed by atoms with Gasteiger partial charge in [-0.15, -0.1) is 10.2 Å². The molecule has 5 heteroatoms. The van der Waals surface area contributed by atoms with Crippen LogP contribution in [0.2, 0.25) is 0 Å². The van der Waals surface area contributed by atoms with E-state index in [1.165, 1.54) is 5.56 Å². The maximum atomic E-state index is 12.3. The van der Waals surface area contributed by atoms with E-state index in [1.807, 2.05) is 29.2 Å². The van der Waals surface area contributed by atoms with Crippen LogP contribution in [0.4, 0.5) is 0 Å². The van der Waals surface area contributed by atoms with E-state index in [1.54, 1.807) is 0 Å². The lowest BCUT2D eigenvalue weighted by molar-refractivity contribution is -0.133. The molecule has 23 heavy (non-hydrogen) atoms. The Kier molecular flexibility index (Phi) is 3.63. The SMILES string of the molecule is Cc1ccc(-c2nnc(C3CCCN(C(=O)C4CC4)C3)o2)cc1. The predicted molar refractivity (Wildman–Crippen MR) is 85.8 cm³/mol. The van der Waals surface area contributed by atoms with Gasteiger partial charge in [-0.2, -0.15) is 0 Å². The number of carbonyl (C=O) groups is 1. The first-order valence-electron chi connectivity index (χ1n) is 8.40. The number of hydrogen-bond donors (Lipinski definition) is 0. The molecule has 1 aromatic heterocycles. The summed E-state index contributed by atoms with van der Waals surface area (Å²) < 4.78 is 5.89. The molecule has 0 bridgehead atoms. The Morgan fingerprint density at radius 1 is 1.17 bits per heavy atom. The van der Waals surface area contributed by atoms with Crippen molar-refractivity contribution >= 4 is 5.91 Å². The van der Waals surface area contributed by atoms with Crippen molar-refractivity contribution in [2.24, 2.45) is 5.92 Å². The number of carbonyl (C=O) groups excluding carboxylic acids is 1. The van der Waals surface area contributed by atoms with E-state index in [9.17, 15) is 4.79 Å². The lowest BCUT2D eigenvalue weighted by Crippen LogP contribution is -2.40. The van der Waals surface area contributed by atoms with E-state index in [4.69, 9.17) is 4.42 Å². The topological polar surface area (TPSA) is 59.2 Å². The normalized spacial score (nSPS) is 21.4. The molecular formula is C18H21N3O2. The van der Waals surface area contributed by atoms with Crippen LogP contribution in [0.3, 0.4) is 0 Å². The Labute approximate surface area is 135 Å². The first-order chi connectivity index (χ1) is 11.2. The minimum absolute atomic E-state index is 0.165. The Morgan fingerprint density at radius 2 is 1.96 bits per heavy atom. The van der Waals surface area contributed by atoms with Crippen molar-refractivity contribution in [2.75, 3.05) is 13.1 Å². The molecule has 2 fully saturated rings. The molecule has 1 saturated heterocycles. The van der Waals surface area contributed by atoms with Crippen LogP contribution in [-0.4, -0.2) is 34.1 Å². The summed E-state index contributed by atoms with van der Waals surface area (Å²) in [5.41, 5.74) is 2.14. The molecule has 2 heterocycles. The molecule has 0 N–H and O–H groups in total. The standard InChI is InChI=1S/C18H21N3O2/c1-12-4-6-13(7-5-12)16-19-20-17(23-16)15-3-2-10-21(11-15)18(22)14-8-9-14/h4-7,14-15H,2-3,8-11H2,1H3. The van der Waals surface area contributed by atoms with Crippen molar-refractivity contribution in [3.8, 4) is 11.5 Å². The van der Waals surface area contributed by atoms with E-state index in [-0.39, 0.29) is 11.8 Å². The molecule has 1 unspecified atom stereocenters. The molecular weight excluding hydrogens is 290 g/mol. The first-order valence-corrected chi connectivity index (χ1v) is 8.40. The molecule has 0 spiro atoms. The second kappa shape index (κ2) is 5.80. The van der Waals surface area contributed by atoms with Crippen LogP contribution < -0.4 is 0 Å². The monoisotopic (exact) mass is 311 g/mol. The highest BCUT2D eigenvalue weighted by Gasteiger charge is 2.36. The van der Waals surface area contributed by atoms with E-state index < -0.39 is 0 Å². The third kappa shape index (κ3) is 3.00. The van der Waals surface area contributed by atoms with Gasteiger partial charge in [-0.25, -0.2) is 0 Å². The Bertz CT molecular complexity index is 703. The minimum atomic E-state index is 0.165. The Morgan fingerprint density at radius 3 is 2.70 bits per heavy atom. The van der Waals surface area contributed by atoms with Gasteiger partial charge in [0.25, 0.3) is 0 Å². The zero-order valence-corrected chi connectivity index (χ0v) is 13.4. The zero-order chi connectivity index (χ0) is 15.8. The van der Waals surface area contributed by atoms with Gasteiger partial charge in [-0.3, -0.25) is 4.79 Å². The van der Waals surface area contributed by atoms with E-state index in [0.29, 0.717) is 24.2 Å². The fourth-order valence-corrected chi connectivity index (χ4v) is 3.18. The van der Waals surface area contributed by atoms with Crippen LogP contribution in [0.25, 0.3) is 11.5 Å². The largest absolute Gasteiger partial charge is 0.420 e. The van der Waals surface area contributed by atoms with Gasteiger partial charge < -0.3 is 9.32 Å². The third-order valence-corrected chi connectivity index (χ3v) is 4.75. The lowest BCUT2D eigenvalue weighted by Gasteiger charge is -2.31. The van der Waals surface area contributed by atoms with Gasteiger partial charge in [0.15, 0.2) is 0 Å². The second-order valence-electron chi connectivity index (χ2n) is 6.71. The number of nitrogens with zero attached hydrogens (tertiary/aromatic N) is 3. The molecule has 1 saturated carbocycles. The number of amides is 1. The number of aromatic nitrogens is 2. The molecule has 1 aliphatic heterocycles. The molecule has 1 amide bonds. The average molecular weight is 311 g/mol. The van der Waals surface area contributed by atoms with Crippen LogP contribution in [0.1, 0.15) is 43.1 Å². The summed E-state index contributed by atoms with van der Waals surface area (Å²) in [6.07, 6.45) is 4.12. The summed E-state index contributed by atoms with van der Waals surface area (Å²) in [7, 11) is 0. The lowest BCUT2D eigenvalue weighted by atomic mass is 9.97. The number of aryl methyl sites for hydroxylation is 1. The summed E-state index contributed by atoms with van der Waals surface area (Å²) in [6, 6.07) is 8.07. The molecule has 120 valence electrons. The van der Waals surface area contributed by atoms with Crippen LogP contribution in [-0.2, 0) is 4.79 Å². The molecule has 4 rings (SSSR count). The van der Waals surface area contributed by atoms with Gasteiger partial charge in [0.2, 0.25) is 17.7 Å². The highest BCUT2D eigenvalue weighted by Crippen LogP contribution is 2.34. The quantitative estimate of drug-likeness (QED) is 0.873. The van der Waals surface area contributed by atoms with Gasteiger partial charge in [-0.05, 0) is 44.7 Å². The minimum Gasteiger partial charge on any atom is -0.420 e. The van der Waals surface area contributed by atoms with Crippen molar-refractivity contribution in [1.29, 1.82) is 0 Å². The van der Waals surface area contributed by atoms with Gasteiger partial charge in [0.1, 0.15) is 0 Å². The molecule has 2 aromatic rings. The van der Waals surface area contributed by atoms with Gasteiger partial charge in [0, 0.05) is 24.6 Å². The maximum Gasteiger partial charge on any atom is 0.247 e.